The van der Waals surface area contributed by atoms with Crippen molar-refractivity contribution in [2.45, 2.75) is 12.7 Å². The van der Waals surface area contributed by atoms with Crippen molar-refractivity contribution in [3.63, 3.8) is 0 Å². The highest BCUT2D eigenvalue weighted by atomic mass is 32.1. The summed E-state index contributed by atoms with van der Waals surface area (Å²) < 4.78 is 40.0. The summed E-state index contributed by atoms with van der Waals surface area (Å²) in [6, 6.07) is 18.9. The predicted octanol–water partition coefficient (Wildman–Crippen LogP) is 5.31. The van der Waals surface area contributed by atoms with Gasteiger partial charge in [-0.25, -0.2) is 9.67 Å². The summed E-state index contributed by atoms with van der Waals surface area (Å²) in [6.45, 7) is 0.155. The minimum absolute atomic E-state index is 0.155. The van der Waals surface area contributed by atoms with E-state index in [2.05, 4.69) is 20.7 Å². The Kier molecular flexibility index (Phi) is 5.37. The van der Waals surface area contributed by atoms with Gasteiger partial charge >= 0.3 is 6.18 Å². The fraction of sp³-hybridized carbons (Fsp3) is 0.0952. The van der Waals surface area contributed by atoms with Crippen molar-refractivity contribution in [1.82, 2.24) is 14.8 Å². The number of fused-ring (bicyclic) bond motifs is 1. The average Bonchev–Trinajstić information content (AvgIpc) is 3.14. The van der Waals surface area contributed by atoms with Crippen LogP contribution in [0.3, 0.4) is 0 Å². The summed E-state index contributed by atoms with van der Waals surface area (Å²) >= 11 is 5.34. The van der Waals surface area contributed by atoms with Crippen LogP contribution in [-0.4, -0.2) is 19.9 Å². The molecule has 2 N–H and O–H groups in total. The summed E-state index contributed by atoms with van der Waals surface area (Å²) in [6.07, 6.45) is -2.95. The molecule has 0 aliphatic carbocycles. The molecule has 0 saturated carbocycles. The summed E-state index contributed by atoms with van der Waals surface area (Å²) in [7, 11) is 0. The highest BCUT2D eigenvalue weighted by Gasteiger charge is 2.30. The molecule has 30 heavy (non-hydrogen) atoms. The molecule has 0 saturated heterocycles. The first-order valence-electron chi connectivity index (χ1n) is 9.00. The topological polar surface area (TPSA) is 54.8 Å². The Morgan fingerprint density at radius 3 is 2.57 bits per heavy atom. The van der Waals surface area contributed by atoms with Gasteiger partial charge < -0.3 is 5.32 Å². The molecule has 152 valence electrons. The number of rotatable bonds is 4. The molecule has 4 aromatic rings. The molecule has 0 atom stereocenters. The Morgan fingerprint density at radius 2 is 1.73 bits per heavy atom. The van der Waals surface area contributed by atoms with E-state index in [-0.39, 0.29) is 12.5 Å². The van der Waals surface area contributed by atoms with E-state index in [0.717, 1.165) is 28.6 Å². The number of hydrogen-bond donors (Lipinski definition) is 2. The molecular formula is C21H16F3N5S. The van der Waals surface area contributed by atoms with Crippen molar-refractivity contribution < 1.29 is 13.2 Å². The van der Waals surface area contributed by atoms with Gasteiger partial charge in [-0.1, -0.05) is 48.5 Å². The quantitative estimate of drug-likeness (QED) is 0.433. The van der Waals surface area contributed by atoms with E-state index < -0.39 is 11.7 Å². The van der Waals surface area contributed by atoms with Crippen LogP contribution in [0.5, 0.6) is 0 Å². The van der Waals surface area contributed by atoms with Crippen LogP contribution < -0.4 is 10.6 Å². The highest BCUT2D eigenvalue weighted by Crippen LogP contribution is 2.29. The number of aromatic nitrogens is 3. The monoisotopic (exact) mass is 427 g/mol. The SMILES string of the molecule is FC(F)(F)c1cccc(Cn2cnc(NC(=S)Nc3cccc4ccccc34)n2)c1. The van der Waals surface area contributed by atoms with Gasteiger partial charge in [0.25, 0.3) is 0 Å². The Balaban J connectivity index is 1.43. The fourth-order valence-electron chi connectivity index (χ4n) is 3.05. The second kappa shape index (κ2) is 8.11. The summed E-state index contributed by atoms with van der Waals surface area (Å²) in [5.41, 5.74) is 0.616. The summed E-state index contributed by atoms with van der Waals surface area (Å²) in [5, 5.41) is 12.7. The maximum Gasteiger partial charge on any atom is 0.416 e. The van der Waals surface area contributed by atoms with Crippen molar-refractivity contribution in [3.05, 3.63) is 84.2 Å². The zero-order chi connectivity index (χ0) is 21.1. The third-order valence-corrected chi connectivity index (χ3v) is 4.60. The van der Waals surface area contributed by atoms with Crippen molar-refractivity contribution >= 4 is 39.7 Å². The lowest BCUT2D eigenvalue weighted by atomic mass is 10.1. The Morgan fingerprint density at radius 1 is 0.967 bits per heavy atom. The molecule has 0 amide bonds. The molecule has 1 aromatic heterocycles. The summed E-state index contributed by atoms with van der Waals surface area (Å²) in [4.78, 5) is 4.12. The van der Waals surface area contributed by atoms with Crippen LogP contribution in [0.2, 0.25) is 0 Å². The molecule has 0 aliphatic heterocycles. The van der Waals surface area contributed by atoms with Crippen LogP contribution in [0.15, 0.2) is 73.1 Å². The van der Waals surface area contributed by atoms with Gasteiger partial charge in [-0.3, -0.25) is 5.32 Å². The molecule has 0 aliphatic rings. The zero-order valence-corrected chi connectivity index (χ0v) is 16.3. The maximum atomic E-state index is 12.9. The highest BCUT2D eigenvalue weighted by molar-refractivity contribution is 7.80. The van der Waals surface area contributed by atoms with Crippen molar-refractivity contribution in [2.24, 2.45) is 0 Å². The van der Waals surface area contributed by atoms with E-state index in [1.807, 2.05) is 42.5 Å². The van der Waals surface area contributed by atoms with Crippen LogP contribution >= 0.6 is 12.2 Å². The van der Waals surface area contributed by atoms with Crippen LogP contribution in [-0.2, 0) is 12.7 Å². The molecule has 0 radical (unpaired) electrons. The van der Waals surface area contributed by atoms with Crippen LogP contribution in [0, 0.1) is 0 Å². The number of alkyl halides is 3. The van der Waals surface area contributed by atoms with Gasteiger partial charge in [0.15, 0.2) is 5.11 Å². The molecule has 0 spiro atoms. The van der Waals surface area contributed by atoms with E-state index in [0.29, 0.717) is 10.7 Å². The number of thiocarbonyl (C=S) groups is 1. The maximum absolute atomic E-state index is 12.9. The number of anilines is 2. The van der Waals surface area contributed by atoms with E-state index in [4.69, 9.17) is 12.2 Å². The molecular weight excluding hydrogens is 411 g/mol. The minimum atomic E-state index is -4.38. The summed E-state index contributed by atoms with van der Waals surface area (Å²) in [5.74, 6) is 0.250. The first-order valence-corrected chi connectivity index (χ1v) is 9.41. The lowest BCUT2D eigenvalue weighted by molar-refractivity contribution is -0.137. The Labute approximate surface area is 175 Å². The largest absolute Gasteiger partial charge is 0.416 e. The van der Waals surface area contributed by atoms with Crippen molar-refractivity contribution in [1.29, 1.82) is 0 Å². The number of halogens is 3. The van der Waals surface area contributed by atoms with Gasteiger partial charge in [-0.05, 0) is 41.4 Å². The standard InChI is InChI=1S/C21H16F3N5S/c22-21(23,24)16-8-3-5-14(11-16)12-29-13-25-19(28-29)27-20(30)26-18-10-4-7-15-6-1-2-9-17(15)18/h1-11,13H,12H2,(H2,26,27,28,30). The lowest BCUT2D eigenvalue weighted by Gasteiger charge is -2.11. The van der Waals surface area contributed by atoms with Crippen molar-refractivity contribution in [2.75, 3.05) is 10.6 Å². The van der Waals surface area contributed by atoms with Gasteiger partial charge in [-0.2, -0.15) is 13.2 Å². The number of nitrogens with one attached hydrogen (secondary N) is 2. The van der Waals surface area contributed by atoms with E-state index in [9.17, 15) is 13.2 Å². The smallest absolute Gasteiger partial charge is 0.332 e. The number of nitrogens with zero attached hydrogens (tertiary/aromatic N) is 3. The van der Waals surface area contributed by atoms with E-state index in [1.54, 1.807) is 6.07 Å². The van der Waals surface area contributed by atoms with Gasteiger partial charge in [0.05, 0.1) is 12.1 Å². The number of hydrogen-bond acceptors (Lipinski definition) is 3. The molecule has 4 rings (SSSR count). The third kappa shape index (κ3) is 4.57. The Hall–Kier alpha value is -3.46. The minimum Gasteiger partial charge on any atom is -0.332 e. The Bertz CT molecular complexity index is 1200. The van der Waals surface area contributed by atoms with Crippen LogP contribution in [0.1, 0.15) is 11.1 Å². The molecule has 0 fully saturated rings. The first-order chi connectivity index (χ1) is 14.4. The molecule has 5 nitrogen and oxygen atoms in total. The predicted molar refractivity (Wildman–Crippen MR) is 114 cm³/mol. The van der Waals surface area contributed by atoms with Gasteiger partial charge in [0, 0.05) is 11.1 Å². The second-order valence-corrected chi connectivity index (χ2v) is 6.98. The van der Waals surface area contributed by atoms with E-state index in [1.165, 1.54) is 17.1 Å². The average molecular weight is 427 g/mol. The van der Waals surface area contributed by atoms with Crippen LogP contribution in [0.25, 0.3) is 10.8 Å². The van der Waals surface area contributed by atoms with E-state index >= 15 is 0 Å². The van der Waals surface area contributed by atoms with Gasteiger partial charge in [0.1, 0.15) is 6.33 Å². The second-order valence-electron chi connectivity index (χ2n) is 6.57. The van der Waals surface area contributed by atoms with Crippen molar-refractivity contribution in [3.8, 4) is 0 Å². The molecule has 0 unspecified atom stereocenters. The fourth-order valence-corrected chi connectivity index (χ4v) is 3.25. The van der Waals surface area contributed by atoms with Gasteiger partial charge in [-0.15, -0.1) is 5.10 Å². The molecule has 9 heteroatoms. The third-order valence-electron chi connectivity index (χ3n) is 4.40. The first kappa shape index (κ1) is 19.8. The van der Waals surface area contributed by atoms with Gasteiger partial charge in [0.2, 0.25) is 5.95 Å². The molecule has 0 bridgehead atoms. The van der Waals surface area contributed by atoms with Crippen LogP contribution in [0.4, 0.5) is 24.8 Å². The zero-order valence-electron chi connectivity index (χ0n) is 15.5. The molecule has 3 aromatic carbocycles. The molecule has 1 heterocycles. The number of benzene rings is 3. The normalized spacial score (nSPS) is 11.4. The lowest BCUT2D eigenvalue weighted by Crippen LogP contribution is -2.20.